The van der Waals surface area contributed by atoms with Crippen LogP contribution >= 0.6 is 0 Å². The highest BCUT2D eigenvalue weighted by atomic mass is 19.1. The number of aryl methyl sites for hydroxylation is 1. The average molecular weight is 361 g/mol. The predicted octanol–water partition coefficient (Wildman–Crippen LogP) is 2.69. The summed E-state index contributed by atoms with van der Waals surface area (Å²) in [5.41, 5.74) is 6.35. The molecular formula is C18H20FN3O4. The van der Waals surface area contributed by atoms with Crippen LogP contribution in [-0.2, 0) is 4.74 Å². The molecule has 2 amide bonds. The van der Waals surface area contributed by atoms with Gasteiger partial charge in [-0.25, -0.2) is 9.18 Å². The summed E-state index contributed by atoms with van der Waals surface area (Å²) in [5.74, 6) is -2.79. The van der Waals surface area contributed by atoms with Gasteiger partial charge < -0.3 is 20.8 Å². The highest BCUT2D eigenvalue weighted by Crippen LogP contribution is 2.21. The van der Waals surface area contributed by atoms with Crippen LogP contribution in [0.3, 0.4) is 0 Å². The first-order valence-electron chi connectivity index (χ1n) is 7.92. The topological polar surface area (TPSA) is 114 Å². The lowest BCUT2D eigenvalue weighted by molar-refractivity contribution is 0.0376. The quantitative estimate of drug-likeness (QED) is 0.710. The number of benzene rings is 1. The van der Waals surface area contributed by atoms with Gasteiger partial charge in [0.25, 0.3) is 11.8 Å². The summed E-state index contributed by atoms with van der Waals surface area (Å²) in [6, 6.07) is 3.49. The molecule has 0 unspecified atom stereocenters. The Hall–Kier alpha value is -3.16. The van der Waals surface area contributed by atoms with Crippen LogP contribution in [-0.4, -0.2) is 28.9 Å². The van der Waals surface area contributed by atoms with Crippen LogP contribution in [0.1, 0.15) is 56.3 Å². The Morgan fingerprint density at radius 1 is 1.23 bits per heavy atom. The molecule has 2 aromatic rings. The van der Waals surface area contributed by atoms with Crippen molar-refractivity contribution < 1.29 is 23.5 Å². The number of hydrogen-bond donors (Lipinski definition) is 3. The molecular weight excluding hydrogens is 341 g/mol. The van der Waals surface area contributed by atoms with E-state index >= 15 is 0 Å². The zero-order valence-corrected chi connectivity index (χ0v) is 14.9. The number of aromatic amines is 1. The van der Waals surface area contributed by atoms with Gasteiger partial charge in [0.15, 0.2) is 0 Å². The Labute approximate surface area is 149 Å². The number of ether oxygens (including phenoxy) is 1. The SMILES string of the molecule is Cc1[nH]c(C(=O)Nc2ccc(F)c(C(N)=O)c2)c(C)c1C(=O)OC(C)C. The molecule has 0 aliphatic carbocycles. The third kappa shape index (κ3) is 3.90. The molecule has 1 aromatic carbocycles. The number of amides is 2. The Balaban J connectivity index is 2.30. The number of aromatic nitrogens is 1. The zero-order chi connectivity index (χ0) is 19.6. The largest absolute Gasteiger partial charge is 0.459 e. The molecule has 138 valence electrons. The normalized spacial score (nSPS) is 10.7. The molecule has 0 saturated heterocycles. The van der Waals surface area contributed by atoms with E-state index in [1.165, 1.54) is 6.07 Å². The fraction of sp³-hybridized carbons (Fsp3) is 0.278. The molecule has 2 rings (SSSR count). The van der Waals surface area contributed by atoms with Crippen molar-refractivity contribution in [2.24, 2.45) is 5.73 Å². The zero-order valence-electron chi connectivity index (χ0n) is 14.9. The summed E-state index contributed by atoms with van der Waals surface area (Å²) in [6.45, 7) is 6.74. The van der Waals surface area contributed by atoms with Crippen molar-refractivity contribution in [3.05, 3.63) is 52.1 Å². The van der Waals surface area contributed by atoms with Gasteiger partial charge in [-0.15, -0.1) is 0 Å². The molecule has 26 heavy (non-hydrogen) atoms. The van der Waals surface area contributed by atoms with E-state index in [1.54, 1.807) is 27.7 Å². The van der Waals surface area contributed by atoms with Gasteiger partial charge in [0, 0.05) is 11.4 Å². The minimum Gasteiger partial charge on any atom is -0.459 e. The number of nitrogens with one attached hydrogen (secondary N) is 2. The number of primary amides is 1. The number of anilines is 1. The number of hydrogen-bond acceptors (Lipinski definition) is 4. The van der Waals surface area contributed by atoms with Crippen LogP contribution in [0.15, 0.2) is 18.2 Å². The van der Waals surface area contributed by atoms with E-state index in [9.17, 15) is 18.8 Å². The minimum absolute atomic E-state index is 0.170. The second-order valence-electron chi connectivity index (χ2n) is 6.09. The Kier molecular flexibility index (Phi) is 5.44. The first kappa shape index (κ1) is 19.2. The van der Waals surface area contributed by atoms with E-state index in [1.807, 2.05) is 0 Å². The van der Waals surface area contributed by atoms with E-state index < -0.39 is 23.6 Å². The molecule has 1 aromatic heterocycles. The van der Waals surface area contributed by atoms with Crippen LogP contribution in [0.25, 0.3) is 0 Å². The van der Waals surface area contributed by atoms with Gasteiger partial charge >= 0.3 is 5.97 Å². The second kappa shape index (κ2) is 7.38. The van der Waals surface area contributed by atoms with E-state index in [-0.39, 0.29) is 23.0 Å². The Morgan fingerprint density at radius 2 is 1.88 bits per heavy atom. The van der Waals surface area contributed by atoms with Crippen LogP contribution in [0.5, 0.6) is 0 Å². The molecule has 7 nitrogen and oxygen atoms in total. The standard InChI is InChI=1S/C18H20FN3O4/c1-8(2)26-18(25)14-9(3)15(21-10(14)4)17(24)22-11-5-6-13(19)12(7-11)16(20)23/h5-8,21H,1-4H3,(H2,20,23)(H,22,24). The van der Waals surface area contributed by atoms with Crippen LogP contribution in [0.4, 0.5) is 10.1 Å². The van der Waals surface area contributed by atoms with Crippen molar-refractivity contribution >= 4 is 23.5 Å². The molecule has 0 aliphatic heterocycles. The van der Waals surface area contributed by atoms with Gasteiger partial charge in [0.05, 0.1) is 17.2 Å². The van der Waals surface area contributed by atoms with E-state index in [0.717, 1.165) is 12.1 Å². The van der Waals surface area contributed by atoms with E-state index in [2.05, 4.69) is 10.3 Å². The number of carbonyl (C=O) groups is 3. The number of H-pyrrole nitrogens is 1. The molecule has 0 spiro atoms. The van der Waals surface area contributed by atoms with Gasteiger partial charge in [-0.3, -0.25) is 9.59 Å². The average Bonchev–Trinajstić information content (AvgIpc) is 2.83. The lowest BCUT2D eigenvalue weighted by Gasteiger charge is -2.09. The van der Waals surface area contributed by atoms with Crippen molar-refractivity contribution in [2.75, 3.05) is 5.32 Å². The van der Waals surface area contributed by atoms with Gasteiger partial charge in [0.2, 0.25) is 0 Å². The first-order valence-corrected chi connectivity index (χ1v) is 7.92. The van der Waals surface area contributed by atoms with Crippen molar-refractivity contribution in [1.82, 2.24) is 4.98 Å². The van der Waals surface area contributed by atoms with Crippen molar-refractivity contribution in [1.29, 1.82) is 0 Å². The summed E-state index contributed by atoms with van der Waals surface area (Å²) in [7, 11) is 0. The lowest BCUT2D eigenvalue weighted by atomic mass is 10.1. The van der Waals surface area contributed by atoms with Crippen LogP contribution in [0, 0.1) is 19.7 Å². The number of rotatable bonds is 5. The molecule has 0 bridgehead atoms. The molecule has 0 fully saturated rings. The van der Waals surface area contributed by atoms with Gasteiger partial charge in [-0.2, -0.15) is 0 Å². The highest BCUT2D eigenvalue weighted by molar-refractivity contribution is 6.07. The third-order valence-corrected chi connectivity index (χ3v) is 3.70. The molecule has 4 N–H and O–H groups in total. The highest BCUT2D eigenvalue weighted by Gasteiger charge is 2.24. The molecule has 8 heteroatoms. The van der Waals surface area contributed by atoms with Crippen LogP contribution < -0.4 is 11.1 Å². The van der Waals surface area contributed by atoms with Crippen molar-refractivity contribution in [3.8, 4) is 0 Å². The molecule has 1 heterocycles. The lowest BCUT2D eigenvalue weighted by Crippen LogP contribution is -2.17. The summed E-state index contributed by atoms with van der Waals surface area (Å²) < 4.78 is 18.7. The summed E-state index contributed by atoms with van der Waals surface area (Å²) in [6.07, 6.45) is -0.292. The molecule has 0 saturated carbocycles. The number of esters is 1. The maximum atomic E-state index is 13.5. The van der Waals surface area contributed by atoms with Gasteiger partial charge in [-0.1, -0.05) is 0 Å². The van der Waals surface area contributed by atoms with Crippen molar-refractivity contribution in [3.63, 3.8) is 0 Å². The monoisotopic (exact) mass is 361 g/mol. The maximum absolute atomic E-state index is 13.5. The fourth-order valence-corrected chi connectivity index (χ4v) is 2.54. The van der Waals surface area contributed by atoms with Crippen LogP contribution in [0.2, 0.25) is 0 Å². The first-order chi connectivity index (χ1) is 12.1. The van der Waals surface area contributed by atoms with E-state index in [4.69, 9.17) is 10.5 Å². The molecule has 0 radical (unpaired) electrons. The number of carbonyl (C=O) groups excluding carboxylic acids is 3. The summed E-state index contributed by atoms with van der Waals surface area (Å²) in [4.78, 5) is 38.8. The Bertz CT molecular complexity index is 887. The smallest absolute Gasteiger partial charge is 0.340 e. The van der Waals surface area contributed by atoms with E-state index in [0.29, 0.717) is 16.8 Å². The maximum Gasteiger partial charge on any atom is 0.340 e. The second-order valence-corrected chi connectivity index (χ2v) is 6.09. The third-order valence-electron chi connectivity index (χ3n) is 3.70. The predicted molar refractivity (Wildman–Crippen MR) is 93.7 cm³/mol. The van der Waals surface area contributed by atoms with Gasteiger partial charge in [-0.05, 0) is 51.5 Å². The molecule has 0 atom stereocenters. The van der Waals surface area contributed by atoms with Crippen molar-refractivity contribution in [2.45, 2.75) is 33.8 Å². The fourth-order valence-electron chi connectivity index (χ4n) is 2.54. The summed E-state index contributed by atoms with van der Waals surface area (Å²) >= 11 is 0. The Morgan fingerprint density at radius 3 is 2.46 bits per heavy atom. The summed E-state index contributed by atoms with van der Waals surface area (Å²) in [5, 5.41) is 2.55. The minimum atomic E-state index is -0.941. The number of nitrogens with two attached hydrogens (primary N) is 1. The molecule has 0 aliphatic rings. The van der Waals surface area contributed by atoms with Gasteiger partial charge in [0.1, 0.15) is 11.5 Å². The number of halogens is 1.